The monoisotopic (exact) mass is 276 g/mol. The van der Waals surface area contributed by atoms with E-state index in [9.17, 15) is 5.11 Å². The van der Waals surface area contributed by atoms with Gasteiger partial charge >= 0.3 is 0 Å². The van der Waals surface area contributed by atoms with Gasteiger partial charge in [-0.05, 0) is 24.3 Å². The first-order valence-corrected chi connectivity index (χ1v) is 4.68. The van der Waals surface area contributed by atoms with Gasteiger partial charge in [-0.2, -0.15) is 0 Å². The molecule has 0 amide bonds. The number of aromatic nitrogens is 2. The average Bonchev–Trinajstić information content (AvgIpc) is 2.30. The van der Waals surface area contributed by atoms with Gasteiger partial charge in [0.05, 0.1) is 5.52 Å². The van der Waals surface area contributed by atoms with Crippen molar-refractivity contribution in [3.05, 3.63) is 42.7 Å². The van der Waals surface area contributed by atoms with Crippen molar-refractivity contribution >= 4 is 38.8 Å². The van der Waals surface area contributed by atoms with Crippen LogP contribution in [0.4, 0.5) is 0 Å². The largest absolute Gasteiger partial charge is 0.507 e. The predicted octanol–water partition coefficient (Wildman–Crippen LogP) is 3.07. The number of pyridine rings is 2. The average molecular weight is 277 g/mol. The van der Waals surface area contributed by atoms with Crippen molar-refractivity contribution in [3.8, 4) is 5.75 Å². The number of benzene rings is 1. The van der Waals surface area contributed by atoms with Gasteiger partial charge in [-0.1, -0.05) is 6.07 Å². The SMILES string of the molecule is Br.Oc1cc2cccnc2c2ncccc12. The van der Waals surface area contributed by atoms with E-state index in [1.807, 2.05) is 18.2 Å². The third-order valence-electron chi connectivity index (χ3n) is 2.44. The van der Waals surface area contributed by atoms with Gasteiger partial charge in [0.25, 0.3) is 0 Å². The lowest BCUT2D eigenvalue weighted by atomic mass is 10.1. The fraction of sp³-hybridized carbons (Fsp3) is 0. The van der Waals surface area contributed by atoms with Gasteiger partial charge in [-0.25, -0.2) is 0 Å². The molecule has 0 radical (unpaired) electrons. The molecule has 2 aromatic heterocycles. The smallest absolute Gasteiger partial charge is 0.125 e. The molecule has 0 aliphatic carbocycles. The van der Waals surface area contributed by atoms with Crippen LogP contribution in [-0.2, 0) is 0 Å². The molecule has 80 valence electrons. The van der Waals surface area contributed by atoms with Crippen molar-refractivity contribution in [1.82, 2.24) is 9.97 Å². The van der Waals surface area contributed by atoms with Crippen LogP contribution in [-0.4, -0.2) is 15.1 Å². The van der Waals surface area contributed by atoms with Crippen molar-refractivity contribution in [2.75, 3.05) is 0 Å². The number of fused-ring (bicyclic) bond motifs is 3. The Hall–Kier alpha value is -1.68. The standard InChI is InChI=1S/C12H8N2O.BrH/c15-10-7-8-3-1-5-13-11(8)12-9(10)4-2-6-14-12;/h1-7,15H;1H. The number of hydrogen-bond donors (Lipinski definition) is 1. The Morgan fingerprint density at radius 2 is 1.62 bits per heavy atom. The van der Waals surface area contributed by atoms with Gasteiger partial charge in [-0.3, -0.25) is 9.97 Å². The Balaban J connectivity index is 0.000000963. The third-order valence-corrected chi connectivity index (χ3v) is 2.44. The summed E-state index contributed by atoms with van der Waals surface area (Å²) in [5.41, 5.74) is 1.57. The van der Waals surface area contributed by atoms with Gasteiger partial charge in [0.15, 0.2) is 0 Å². The van der Waals surface area contributed by atoms with E-state index in [4.69, 9.17) is 0 Å². The normalized spacial score (nSPS) is 10.2. The number of rotatable bonds is 0. The maximum absolute atomic E-state index is 9.80. The molecule has 4 heteroatoms. The van der Waals surface area contributed by atoms with Crippen LogP contribution >= 0.6 is 17.0 Å². The van der Waals surface area contributed by atoms with Crippen molar-refractivity contribution < 1.29 is 5.11 Å². The Bertz CT molecular complexity index is 655. The highest BCUT2D eigenvalue weighted by Gasteiger charge is 2.06. The summed E-state index contributed by atoms with van der Waals surface area (Å²) in [6, 6.07) is 9.11. The Morgan fingerprint density at radius 3 is 2.44 bits per heavy atom. The first-order chi connectivity index (χ1) is 7.36. The van der Waals surface area contributed by atoms with Crippen LogP contribution in [0.3, 0.4) is 0 Å². The quantitative estimate of drug-likeness (QED) is 0.642. The zero-order chi connectivity index (χ0) is 10.3. The topological polar surface area (TPSA) is 46.0 Å². The van der Waals surface area contributed by atoms with Crippen LogP contribution < -0.4 is 0 Å². The number of phenols is 1. The number of halogens is 1. The lowest BCUT2D eigenvalue weighted by Gasteiger charge is -2.03. The summed E-state index contributed by atoms with van der Waals surface area (Å²) in [7, 11) is 0. The summed E-state index contributed by atoms with van der Waals surface area (Å²) in [4.78, 5) is 8.52. The lowest BCUT2D eigenvalue weighted by Crippen LogP contribution is -1.84. The van der Waals surface area contributed by atoms with Gasteiger partial charge in [0.1, 0.15) is 11.3 Å². The molecule has 3 aromatic rings. The molecule has 0 spiro atoms. The molecule has 1 N–H and O–H groups in total. The molecule has 0 aliphatic rings. The molecule has 1 aromatic carbocycles. The van der Waals surface area contributed by atoms with Crippen LogP contribution in [0.25, 0.3) is 21.8 Å². The van der Waals surface area contributed by atoms with Crippen molar-refractivity contribution in [3.63, 3.8) is 0 Å². The zero-order valence-electron chi connectivity index (χ0n) is 8.29. The highest BCUT2D eigenvalue weighted by molar-refractivity contribution is 8.93. The van der Waals surface area contributed by atoms with Gasteiger partial charge < -0.3 is 5.11 Å². The van der Waals surface area contributed by atoms with E-state index in [0.29, 0.717) is 0 Å². The number of nitrogens with zero attached hydrogens (tertiary/aromatic N) is 2. The number of hydrogen-bond acceptors (Lipinski definition) is 3. The number of aromatic hydroxyl groups is 1. The van der Waals surface area contributed by atoms with E-state index < -0.39 is 0 Å². The summed E-state index contributed by atoms with van der Waals surface area (Å²) in [5.74, 6) is 0.249. The fourth-order valence-corrected chi connectivity index (χ4v) is 1.76. The number of phenolic OH excluding ortho intramolecular Hbond substituents is 1. The van der Waals surface area contributed by atoms with Crippen LogP contribution in [0.5, 0.6) is 5.75 Å². The van der Waals surface area contributed by atoms with Gasteiger partial charge in [0.2, 0.25) is 0 Å². The second-order valence-electron chi connectivity index (χ2n) is 3.37. The first kappa shape index (κ1) is 10.8. The molecule has 3 nitrogen and oxygen atoms in total. The van der Waals surface area contributed by atoms with Crippen LogP contribution in [0.1, 0.15) is 0 Å². The summed E-state index contributed by atoms with van der Waals surface area (Å²) >= 11 is 0. The molecule has 2 heterocycles. The lowest BCUT2D eigenvalue weighted by molar-refractivity contribution is 0.482. The maximum atomic E-state index is 9.80. The molecule has 0 fully saturated rings. The molecule has 0 saturated heterocycles. The predicted molar refractivity (Wildman–Crippen MR) is 69.0 cm³/mol. The minimum Gasteiger partial charge on any atom is -0.507 e. The van der Waals surface area contributed by atoms with Crippen molar-refractivity contribution in [2.45, 2.75) is 0 Å². The molecule has 0 saturated carbocycles. The van der Waals surface area contributed by atoms with E-state index >= 15 is 0 Å². The van der Waals surface area contributed by atoms with E-state index in [2.05, 4.69) is 9.97 Å². The Morgan fingerprint density at radius 1 is 0.938 bits per heavy atom. The summed E-state index contributed by atoms with van der Waals surface area (Å²) in [5, 5.41) is 11.4. The molecular formula is C12H9BrN2O. The molecule has 0 unspecified atom stereocenters. The van der Waals surface area contributed by atoms with Crippen LogP contribution in [0.15, 0.2) is 42.7 Å². The van der Waals surface area contributed by atoms with Crippen molar-refractivity contribution in [1.29, 1.82) is 0 Å². The molecule has 3 rings (SSSR count). The zero-order valence-corrected chi connectivity index (χ0v) is 10.0. The van der Waals surface area contributed by atoms with E-state index in [1.54, 1.807) is 24.5 Å². The van der Waals surface area contributed by atoms with Gasteiger partial charge in [0, 0.05) is 23.2 Å². The highest BCUT2D eigenvalue weighted by atomic mass is 79.9. The van der Waals surface area contributed by atoms with E-state index in [0.717, 1.165) is 21.8 Å². The molecule has 0 bridgehead atoms. The molecule has 0 atom stereocenters. The molecule has 16 heavy (non-hydrogen) atoms. The minimum absolute atomic E-state index is 0. The highest BCUT2D eigenvalue weighted by Crippen LogP contribution is 2.29. The Labute approximate surface area is 103 Å². The fourth-order valence-electron chi connectivity index (χ4n) is 1.76. The van der Waals surface area contributed by atoms with Crippen molar-refractivity contribution in [2.24, 2.45) is 0 Å². The Kier molecular flexibility index (Phi) is 2.75. The summed E-state index contributed by atoms with van der Waals surface area (Å²) < 4.78 is 0. The van der Waals surface area contributed by atoms with Crippen LogP contribution in [0.2, 0.25) is 0 Å². The van der Waals surface area contributed by atoms with Gasteiger partial charge in [-0.15, -0.1) is 17.0 Å². The first-order valence-electron chi connectivity index (χ1n) is 4.68. The second-order valence-corrected chi connectivity index (χ2v) is 3.37. The summed E-state index contributed by atoms with van der Waals surface area (Å²) in [6.07, 6.45) is 3.43. The van der Waals surface area contributed by atoms with E-state index in [-0.39, 0.29) is 22.7 Å². The van der Waals surface area contributed by atoms with Crippen LogP contribution in [0, 0.1) is 0 Å². The maximum Gasteiger partial charge on any atom is 0.125 e. The molecule has 0 aliphatic heterocycles. The third kappa shape index (κ3) is 1.51. The second kappa shape index (κ2) is 4.06. The minimum atomic E-state index is 0. The van der Waals surface area contributed by atoms with E-state index in [1.165, 1.54) is 0 Å². The summed E-state index contributed by atoms with van der Waals surface area (Å²) in [6.45, 7) is 0. The molecular weight excluding hydrogens is 268 g/mol.